The van der Waals surface area contributed by atoms with Crippen molar-refractivity contribution < 1.29 is 18.0 Å². The van der Waals surface area contributed by atoms with Crippen molar-refractivity contribution in [3.63, 3.8) is 0 Å². The summed E-state index contributed by atoms with van der Waals surface area (Å²) in [5.41, 5.74) is -0.613. The average Bonchev–Trinajstić information content (AvgIpc) is 2.25. The molecular weight excluding hydrogens is 245 g/mol. The number of anilines is 1. The molecule has 6 heteroatoms. The Morgan fingerprint density at radius 1 is 1.33 bits per heavy atom. The maximum atomic E-state index is 13.3. The van der Waals surface area contributed by atoms with Crippen LogP contribution in [0, 0.1) is 40.6 Å². The number of carbonyl (C=O) groups is 1. The van der Waals surface area contributed by atoms with E-state index in [1.807, 2.05) is 5.32 Å². The number of carbonyl (C=O) groups excluding carboxylic acids is 1. The summed E-state index contributed by atoms with van der Waals surface area (Å²) >= 11 is 0. The van der Waals surface area contributed by atoms with E-state index < -0.39 is 35.0 Å². The molecular formula is C12H11F3N2O. The van der Waals surface area contributed by atoms with Gasteiger partial charge in [-0.15, -0.1) is 0 Å². The third kappa shape index (κ3) is 3.00. The Hall–Kier alpha value is -2.03. The van der Waals surface area contributed by atoms with E-state index in [0.29, 0.717) is 12.1 Å². The smallest absolute Gasteiger partial charge is 0.242 e. The van der Waals surface area contributed by atoms with E-state index in [-0.39, 0.29) is 5.92 Å². The molecule has 18 heavy (non-hydrogen) atoms. The first-order chi connectivity index (χ1) is 8.36. The van der Waals surface area contributed by atoms with Crippen LogP contribution in [0.1, 0.15) is 13.8 Å². The Kier molecular flexibility index (Phi) is 4.32. The summed E-state index contributed by atoms with van der Waals surface area (Å²) in [4.78, 5) is 11.6. The number of nitrogens with one attached hydrogen (secondary N) is 1. The lowest BCUT2D eigenvalue weighted by atomic mass is 9.96. The second-order valence-electron chi connectivity index (χ2n) is 4.09. The fraction of sp³-hybridized carbons (Fsp3) is 0.333. The lowest BCUT2D eigenvalue weighted by molar-refractivity contribution is -0.119. The summed E-state index contributed by atoms with van der Waals surface area (Å²) in [5.74, 6) is -5.88. The van der Waals surface area contributed by atoms with E-state index >= 15 is 0 Å². The van der Waals surface area contributed by atoms with Crippen LogP contribution in [-0.2, 0) is 4.79 Å². The van der Waals surface area contributed by atoms with E-state index in [4.69, 9.17) is 5.26 Å². The lowest BCUT2D eigenvalue weighted by Gasteiger charge is -2.13. The highest BCUT2D eigenvalue weighted by Gasteiger charge is 2.23. The maximum absolute atomic E-state index is 13.3. The van der Waals surface area contributed by atoms with Gasteiger partial charge in [-0.3, -0.25) is 4.79 Å². The largest absolute Gasteiger partial charge is 0.322 e. The monoisotopic (exact) mass is 256 g/mol. The number of halogens is 3. The van der Waals surface area contributed by atoms with Gasteiger partial charge in [0.2, 0.25) is 5.91 Å². The number of nitriles is 1. The molecule has 1 N–H and O–H groups in total. The van der Waals surface area contributed by atoms with Crippen LogP contribution in [-0.4, -0.2) is 5.91 Å². The van der Waals surface area contributed by atoms with Crippen LogP contribution in [0.5, 0.6) is 0 Å². The normalized spacial score (nSPS) is 12.1. The molecule has 3 nitrogen and oxygen atoms in total. The number of hydrogen-bond donors (Lipinski definition) is 1. The first-order valence-electron chi connectivity index (χ1n) is 5.21. The van der Waals surface area contributed by atoms with E-state index in [0.717, 1.165) is 0 Å². The lowest BCUT2D eigenvalue weighted by Crippen LogP contribution is -2.26. The molecule has 0 saturated carbocycles. The molecule has 96 valence electrons. The topological polar surface area (TPSA) is 52.9 Å². The summed E-state index contributed by atoms with van der Waals surface area (Å²) in [6.07, 6.45) is 0. The standard InChI is InChI=1S/C12H11F3N2O/c1-6(2)8(5-16)12(18)17-10-4-7(13)3-9(14)11(10)15/h3-4,6,8H,1-2H3,(H,17,18). The molecule has 1 atom stereocenters. The maximum Gasteiger partial charge on any atom is 0.242 e. The van der Waals surface area contributed by atoms with Crippen LogP contribution in [0.25, 0.3) is 0 Å². The predicted octanol–water partition coefficient (Wildman–Crippen LogP) is 2.84. The molecule has 0 radical (unpaired) electrons. The van der Waals surface area contributed by atoms with Gasteiger partial charge in [0.05, 0.1) is 11.8 Å². The van der Waals surface area contributed by atoms with Gasteiger partial charge in [0.15, 0.2) is 11.6 Å². The second kappa shape index (κ2) is 5.54. The fourth-order valence-corrected chi connectivity index (χ4v) is 1.37. The van der Waals surface area contributed by atoms with Gasteiger partial charge in [0, 0.05) is 12.1 Å². The number of amides is 1. The first kappa shape index (κ1) is 14.0. The van der Waals surface area contributed by atoms with E-state index in [2.05, 4.69) is 0 Å². The van der Waals surface area contributed by atoms with Gasteiger partial charge < -0.3 is 5.32 Å². The number of benzene rings is 1. The highest BCUT2D eigenvalue weighted by Crippen LogP contribution is 2.21. The molecule has 0 spiro atoms. The van der Waals surface area contributed by atoms with Crippen molar-refractivity contribution in [3.05, 3.63) is 29.6 Å². The molecule has 0 bridgehead atoms. The first-order valence-corrected chi connectivity index (χ1v) is 5.21. The van der Waals surface area contributed by atoms with Gasteiger partial charge in [0.25, 0.3) is 0 Å². The molecule has 1 amide bonds. The summed E-state index contributed by atoms with van der Waals surface area (Å²) in [6.45, 7) is 3.27. The minimum Gasteiger partial charge on any atom is -0.322 e. The van der Waals surface area contributed by atoms with Gasteiger partial charge in [-0.1, -0.05) is 13.8 Å². The Morgan fingerprint density at radius 3 is 2.44 bits per heavy atom. The molecule has 0 aromatic heterocycles. The quantitative estimate of drug-likeness (QED) is 0.845. The van der Waals surface area contributed by atoms with Gasteiger partial charge in [-0.25, -0.2) is 13.2 Å². The summed E-state index contributed by atoms with van der Waals surface area (Å²) in [6, 6.07) is 2.78. The van der Waals surface area contributed by atoms with Gasteiger partial charge in [0.1, 0.15) is 11.7 Å². The highest BCUT2D eigenvalue weighted by atomic mass is 19.2. The zero-order chi connectivity index (χ0) is 13.9. The summed E-state index contributed by atoms with van der Waals surface area (Å²) < 4.78 is 39.0. The summed E-state index contributed by atoms with van der Waals surface area (Å²) in [5, 5.41) is 10.8. The number of rotatable bonds is 3. The Morgan fingerprint density at radius 2 is 1.94 bits per heavy atom. The van der Waals surface area contributed by atoms with Crippen molar-refractivity contribution in [2.75, 3.05) is 5.32 Å². The predicted molar refractivity (Wildman–Crippen MR) is 58.9 cm³/mol. The van der Waals surface area contributed by atoms with Crippen molar-refractivity contribution in [2.45, 2.75) is 13.8 Å². The van der Waals surface area contributed by atoms with Crippen LogP contribution in [0.4, 0.5) is 18.9 Å². The molecule has 0 aliphatic rings. The van der Waals surface area contributed by atoms with Crippen molar-refractivity contribution in [1.29, 1.82) is 5.26 Å². The average molecular weight is 256 g/mol. The molecule has 1 unspecified atom stereocenters. The molecule has 0 fully saturated rings. The van der Waals surface area contributed by atoms with Crippen LogP contribution < -0.4 is 5.32 Å². The molecule has 0 saturated heterocycles. The van der Waals surface area contributed by atoms with Crippen molar-refractivity contribution in [1.82, 2.24) is 0 Å². The molecule has 0 heterocycles. The number of nitrogens with zero attached hydrogens (tertiary/aromatic N) is 1. The van der Waals surface area contributed by atoms with Gasteiger partial charge in [-0.05, 0) is 5.92 Å². The second-order valence-corrected chi connectivity index (χ2v) is 4.09. The SMILES string of the molecule is CC(C)C(C#N)C(=O)Nc1cc(F)cc(F)c1F. The third-order valence-corrected chi connectivity index (χ3v) is 2.34. The minimum absolute atomic E-state index is 0.295. The Balaban J connectivity index is 2.99. The van der Waals surface area contributed by atoms with Crippen molar-refractivity contribution in [3.8, 4) is 6.07 Å². The van der Waals surface area contributed by atoms with Crippen molar-refractivity contribution in [2.24, 2.45) is 11.8 Å². The Bertz CT molecular complexity index is 509. The highest BCUT2D eigenvalue weighted by molar-refractivity contribution is 5.94. The van der Waals surface area contributed by atoms with Crippen LogP contribution in [0.2, 0.25) is 0 Å². The Labute approximate surface area is 102 Å². The van der Waals surface area contributed by atoms with Crippen LogP contribution in [0.3, 0.4) is 0 Å². The molecule has 1 aromatic carbocycles. The minimum atomic E-state index is -1.40. The van der Waals surface area contributed by atoms with Gasteiger partial charge >= 0.3 is 0 Å². The van der Waals surface area contributed by atoms with Crippen LogP contribution in [0.15, 0.2) is 12.1 Å². The molecule has 0 aliphatic heterocycles. The van der Waals surface area contributed by atoms with Gasteiger partial charge in [-0.2, -0.15) is 5.26 Å². The fourth-order valence-electron chi connectivity index (χ4n) is 1.37. The van der Waals surface area contributed by atoms with E-state index in [1.165, 1.54) is 0 Å². The van der Waals surface area contributed by atoms with E-state index in [9.17, 15) is 18.0 Å². The zero-order valence-electron chi connectivity index (χ0n) is 9.80. The van der Waals surface area contributed by atoms with Crippen molar-refractivity contribution >= 4 is 11.6 Å². The third-order valence-electron chi connectivity index (χ3n) is 2.34. The van der Waals surface area contributed by atoms with E-state index in [1.54, 1.807) is 19.9 Å². The van der Waals surface area contributed by atoms with Crippen LogP contribution >= 0.6 is 0 Å². The molecule has 0 aliphatic carbocycles. The zero-order valence-corrected chi connectivity index (χ0v) is 9.80. The molecule has 1 rings (SSSR count). The molecule has 1 aromatic rings. The number of hydrogen-bond acceptors (Lipinski definition) is 2. The summed E-state index contributed by atoms with van der Waals surface area (Å²) in [7, 11) is 0.